The molecule has 0 aliphatic carbocycles. The number of para-hydroxylation sites is 1. The first-order valence-corrected chi connectivity index (χ1v) is 7.42. The van der Waals surface area contributed by atoms with Gasteiger partial charge in [0, 0.05) is 24.9 Å². The van der Waals surface area contributed by atoms with Gasteiger partial charge in [0.2, 0.25) is 0 Å². The van der Waals surface area contributed by atoms with Crippen LogP contribution in [0.1, 0.15) is 28.4 Å². The van der Waals surface area contributed by atoms with Crippen molar-refractivity contribution >= 4 is 24.0 Å². The predicted molar refractivity (Wildman–Crippen MR) is 96.2 cm³/mol. The molecule has 0 aliphatic rings. The lowest BCUT2D eigenvalue weighted by Crippen LogP contribution is -2.17. The number of carbonyl (C=O) groups is 1. The highest BCUT2D eigenvalue weighted by Gasteiger charge is 2.09. The van der Waals surface area contributed by atoms with E-state index in [4.69, 9.17) is 4.74 Å². The van der Waals surface area contributed by atoms with Crippen molar-refractivity contribution in [3.63, 3.8) is 0 Å². The van der Waals surface area contributed by atoms with Gasteiger partial charge < -0.3 is 15.4 Å². The molecule has 0 aliphatic heterocycles. The highest BCUT2D eigenvalue weighted by atomic mass is 35.5. The fourth-order valence-electron chi connectivity index (χ4n) is 2.22. The molecular weight excluding hydrogens is 312 g/mol. The topological polar surface area (TPSA) is 50.4 Å². The summed E-state index contributed by atoms with van der Waals surface area (Å²) in [7, 11) is 1.64. The summed E-state index contributed by atoms with van der Waals surface area (Å²) in [5, 5.41) is 6.26. The Morgan fingerprint density at radius 3 is 2.65 bits per heavy atom. The molecule has 2 rings (SSSR count). The van der Waals surface area contributed by atoms with Crippen molar-refractivity contribution in [1.82, 2.24) is 5.32 Å². The summed E-state index contributed by atoms with van der Waals surface area (Å²) < 4.78 is 5.10. The van der Waals surface area contributed by atoms with Gasteiger partial charge in [-0.15, -0.1) is 12.4 Å². The van der Waals surface area contributed by atoms with Crippen molar-refractivity contribution in [2.24, 2.45) is 0 Å². The van der Waals surface area contributed by atoms with E-state index in [1.54, 1.807) is 13.2 Å². The number of hydrogen-bond donors (Lipinski definition) is 2. The fraction of sp³-hybridized carbons (Fsp3) is 0.278. The first-order valence-electron chi connectivity index (χ1n) is 7.42. The lowest BCUT2D eigenvalue weighted by Gasteiger charge is -2.12. The molecule has 4 nitrogen and oxygen atoms in total. The molecule has 0 saturated carbocycles. The summed E-state index contributed by atoms with van der Waals surface area (Å²) in [6.07, 6.45) is 0. The third kappa shape index (κ3) is 5.67. The van der Waals surface area contributed by atoms with Gasteiger partial charge in [-0.05, 0) is 35.9 Å². The van der Waals surface area contributed by atoms with Crippen molar-refractivity contribution in [1.29, 1.82) is 0 Å². The van der Waals surface area contributed by atoms with Gasteiger partial charge >= 0.3 is 0 Å². The Balaban J connectivity index is 0.00000264. The first kappa shape index (κ1) is 19.2. The maximum absolute atomic E-state index is 12.4. The number of carbonyl (C=O) groups excluding carboxylic acids is 1. The summed E-state index contributed by atoms with van der Waals surface area (Å²) in [5.41, 5.74) is 3.53. The van der Waals surface area contributed by atoms with E-state index in [9.17, 15) is 4.79 Å². The molecular formula is C18H23ClN2O2. The Hall–Kier alpha value is -1.88. The van der Waals surface area contributed by atoms with Crippen molar-refractivity contribution in [2.75, 3.05) is 19.0 Å². The molecule has 0 radical (unpaired) electrons. The lowest BCUT2D eigenvalue weighted by atomic mass is 10.1. The molecule has 23 heavy (non-hydrogen) atoms. The maximum Gasteiger partial charge on any atom is 0.255 e. The highest BCUT2D eigenvalue weighted by molar-refractivity contribution is 6.04. The van der Waals surface area contributed by atoms with Gasteiger partial charge in [-0.2, -0.15) is 0 Å². The molecule has 2 N–H and O–H groups in total. The summed E-state index contributed by atoms with van der Waals surface area (Å²) in [6, 6.07) is 15.3. The van der Waals surface area contributed by atoms with Crippen LogP contribution >= 0.6 is 12.4 Å². The number of methoxy groups -OCH3 is 1. The molecule has 2 aromatic rings. The zero-order valence-electron chi connectivity index (χ0n) is 13.5. The van der Waals surface area contributed by atoms with E-state index in [1.807, 2.05) is 42.5 Å². The zero-order chi connectivity index (χ0) is 15.8. The average molecular weight is 335 g/mol. The van der Waals surface area contributed by atoms with Crippen LogP contribution in [0.5, 0.6) is 0 Å². The predicted octanol–water partition coefficient (Wildman–Crippen LogP) is 3.62. The van der Waals surface area contributed by atoms with Crippen molar-refractivity contribution in [2.45, 2.75) is 20.1 Å². The standard InChI is InChI=1S/C18H22N2O2.ClH/c1-3-19-12-16-8-4-5-10-17(16)20-18(21)15-9-6-7-14(11-15)13-22-2;/h4-11,19H,3,12-13H2,1-2H3,(H,20,21);1H. The number of halogens is 1. The minimum absolute atomic E-state index is 0. The average Bonchev–Trinajstić information content (AvgIpc) is 2.54. The molecule has 0 atom stereocenters. The Morgan fingerprint density at radius 1 is 1.13 bits per heavy atom. The molecule has 0 fully saturated rings. The summed E-state index contributed by atoms with van der Waals surface area (Å²) in [6.45, 7) is 4.18. The van der Waals surface area contributed by atoms with Crippen molar-refractivity contribution in [3.05, 3.63) is 65.2 Å². The number of ether oxygens (including phenoxy) is 1. The molecule has 0 bridgehead atoms. The Labute approximate surface area is 143 Å². The quantitative estimate of drug-likeness (QED) is 0.813. The smallest absolute Gasteiger partial charge is 0.255 e. The van der Waals surface area contributed by atoms with Crippen LogP contribution in [-0.4, -0.2) is 19.6 Å². The Bertz CT molecular complexity index is 632. The van der Waals surface area contributed by atoms with Gasteiger partial charge in [-0.3, -0.25) is 4.79 Å². The molecule has 0 spiro atoms. The molecule has 0 saturated heterocycles. The second-order valence-electron chi connectivity index (χ2n) is 5.02. The van der Waals surface area contributed by atoms with Crippen LogP contribution in [0.25, 0.3) is 0 Å². The minimum atomic E-state index is -0.109. The van der Waals surface area contributed by atoms with Gasteiger partial charge in [0.05, 0.1) is 6.61 Å². The number of hydrogen-bond acceptors (Lipinski definition) is 3. The van der Waals surface area contributed by atoms with Gasteiger partial charge in [0.1, 0.15) is 0 Å². The van der Waals surface area contributed by atoms with E-state index >= 15 is 0 Å². The molecule has 2 aromatic carbocycles. The minimum Gasteiger partial charge on any atom is -0.380 e. The summed E-state index contributed by atoms with van der Waals surface area (Å²) in [5.74, 6) is -0.109. The largest absolute Gasteiger partial charge is 0.380 e. The van der Waals surface area contributed by atoms with Crippen LogP contribution in [-0.2, 0) is 17.9 Å². The number of anilines is 1. The van der Waals surface area contributed by atoms with Gasteiger partial charge in [-0.1, -0.05) is 37.3 Å². The van der Waals surface area contributed by atoms with E-state index in [0.717, 1.165) is 29.9 Å². The highest BCUT2D eigenvalue weighted by Crippen LogP contribution is 2.16. The molecule has 1 amide bonds. The van der Waals surface area contributed by atoms with Crippen molar-refractivity contribution in [3.8, 4) is 0 Å². The van der Waals surface area contributed by atoms with Crippen LogP contribution in [0.2, 0.25) is 0 Å². The normalized spacial score (nSPS) is 10.0. The molecule has 0 heterocycles. The van der Waals surface area contributed by atoms with Crippen LogP contribution in [0.3, 0.4) is 0 Å². The van der Waals surface area contributed by atoms with Gasteiger partial charge in [-0.25, -0.2) is 0 Å². The Kier molecular flexibility index (Phi) is 8.33. The lowest BCUT2D eigenvalue weighted by molar-refractivity contribution is 0.102. The third-order valence-corrected chi connectivity index (χ3v) is 3.33. The van der Waals surface area contributed by atoms with Crippen LogP contribution < -0.4 is 10.6 Å². The van der Waals surface area contributed by atoms with Crippen LogP contribution in [0.15, 0.2) is 48.5 Å². The molecule has 0 unspecified atom stereocenters. The SMILES string of the molecule is CCNCc1ccccc1NC(=O)c1cccc(COC)c1.Cl. The van der Waals surface area contributed by atoms with E-state index in [1.165, 1.54) is 0 Å². The molecule has 5 heteroatoms. The number of benzene rings is 2. The summed E-state index contributed by atoms with van der Waals surface area (Å²) in [4.78, 5) is 12.4. The van der Waals surface area contributed by atoms with Gasteiger partial charge in [0.15, 0.2) is 0 Å². The molecule has 124 valence electrons. The number of rotatable bonds is 7. The zero-order valence-corrected chi connectivity index (χ0v) is 14.3. The van der Waals surface area contributed by atoms with E-state index < -0.39 is 0 Å². The van der Waals surface area contributed by atoms with Crippen molar-refractivity contribution < 1.29 is 9.53 Å². The van der Waals surface area contributed by atoms with E-state index in [-0.39, 0.29) is 18.3 Å². The Morgan fingerprint density at radius 2 is 1.91 bits per heavy atom. The van der Waals surface area contributed by atoms with Crippen LogP contribution in [0.4, 0.5) is 5.69 Å². The fourth-order valence-corrected chi connectivity index (χ4v) is 2.22. The number of nitrogens with one attached hydrogen (secondary N) is 2. The molecule has 0 aromatic heterocycles. The second kappa shape index (κ2) is 10.0. The number of amides is 1. The first-order chi connectivity index (χ1) is 10.7. The summed E-state index contributed by atoms with van der Waals surface area (Å²) >= 11 is 0. The second-order valence-corrected chi connectivity index (χ2v) is 5.02. The third-order valence-electron chi connectivity index (χ3n) is 3.33. The van der Waals surface area contributed by atoms with E-state index in [2.05, 4.69) is 17.6 Å². The van der Waals surface area contributed by atoms with E-state index in [0.29, 0.717) is 12.2 Å². The monoisotopic (exact) mass is 334 g/mol. The maximum atomic E-state index is 12.4. The van der Waals surface area contributed by atoms with Crippen LogP contribution in [0, 0.1) is 0 Å². The van der Waals surface area contributed by atoms with Gasteiger partial charge in [0.25, 0.3) is 5.91 Å².